The Balaban J connectivity index is 3.24. The van der Waals surface area contributed by atoms with Gasteiger partial charge in [-0.25, -0.2) is 0 Å². The number of hydrogen-bond acceptors (Lipinski definition) is 4. The standard InChI is InChI=1S/C12H17N3O2/c1-6(2)10(14)11(16)9-5-7(13)3-4-8(9)12(15)17/h3-6,10H,13-14H2,1-2H3,(H2,15,17). The van der Waals surface area contributed by atoms with E-state index < -0.39 is 11.9 Å². The summed E-state index contributed by atoms with van der Waals surface area (Å²) in [6.45, 7) is 3.66. The summed E-state index contributed by atoms with van der Waals surface area (Å²) in [6, 6.07) is 3.73. The van der Waals surface area contributed by atoms with E-state index in [0.29, 0.717) is 5.69 Å². The van der Waals surface area contributed by atoms with Crippen LogP contribution in [0, 0.1) is 5.92 Å². The third-order valence-corrected chi connectivity index (χ3v) is 2.60. The van der Waals surface area contributed by atoms with Gasteiger partial charge in [0.15, 0.2) is 5.78 Å². The van der Waals surface area contributed by atoms with Crippen molar-refractivity contribution in [2.24, 2.45) is 17.4 Å². The quantitative estimate of drug-likeness (QED) is 0.522. The van der Waals surface area contributed by atoms with Gasteiger partial charge in [0.2, 0.25) is 5.91 Å². The smallest absolute Gasteiger partial charge is 0.249 e. The summed E-state index contributed by atoms with van der Waals surface area (Å²) in [6.07, 6.45) is 0. The van der Waals surface area contributed by atoms with E-state index in [1.807, 2.05) is 13.8 Å². The van der Waals surface area contributed by atoms with E-state index >= 15 is 0 Å². The maximum absolute atomic E-state index is 12.1. The Morgan fingerprint density at radius 3 is 2.24 bits per heavy atom. The zero-order valence-corrected chi connectivity index (χ0v) is 9.94. The molecule has 1 aromatic carbocycles. The molecule has 0 heterocycles. The first-order valence-corrected chi connectivity index (χ1v) is 5.33. The molecule has 0 fully saturated rings. The zero-order chi connectivity index (χ0) is 13.2. The summed E-state index contributed by atoms with van der Waals surface area (Å²) in [7, 11) is 0. The highest BCUT2D eigenvalue weighted by molar-refractivity contribution is 6.10. The van der Waals surface area contributed by atoms with Crippen LogP contribution >= 0.6 is 0 Å². The van der Waals surface area contributed by atoms with Gasteiger partial charge in [-0.1, -0.05) is 13.8 Å². The minimum Gasteiger partial charge on any atom is -0.399 e. The zero-order valence-electron chi connectivity index (χ0n) is 9.94. The van der Waals surface area contributed by atoms with Crippen LogP contribution in [0.2, 0.25) is 0 Å². The topological polar surface area (TPSA) is 112 Å². The highest BCUT2D eigenvalue weighted by Gasteiger charge is 2.23. The van der Waals surface area contributed by atoms with Crippen LogP contribution in [0.3, 0.4) is 0 Å². The number of nitrogens with two attached hydrogens (primary N) is 3. The number of hydrogen-bond donors (Lipinski definition) is 3. The lowest BCUT2D eigenvalue weighted by molar-refractivity contribution is 0.0925. The van der Waals surface area contributed by atoms with Crippen molar-refractivity contribution < 1.29 is 9.59 Å². The Bertz CT molecular complexity index is 455. The van der Waals surface area contributed by atoms with Crippen molar-refractivity contribution in [3.8, 4) is 0 Å². The van der Waals surface area contributed by atoms with Crippen molar-refractivity contribution in [3.63, 3.8) is 0 Å². The van der Waals surface area contributed by atoms with Gasteiger partial charge in [-0.3, -0.25) is 9.59 Å². The number of carbonyl (C=O) groups excluding carboxylic acids is 2. The molecule has 0 aromatic heterocycles. The molecular weight excluding hydrogens is 218 g/mol. The Kier molecular flexibility index (Phi) is 3.85. The van der Waals surface area contributed by atoms with Gasteiger partial charge in [-0.05, 0) is 24.1 Å². The van der Waals surface area contributed by atoms with Crippen molar-refractivity contribution in [2.75, 3.05) is 5.73 Å². The second-order valence-electron chi connectivity index (χ2n) is 4.30. The molecule has 0 saturated carbocycles. The van der Waals surface area contributed by atoms with Gasteiger partial charge in [0.25, 0.3) is 0 Å². The Morgan fingerprint density at radius 2 is 1.76 bits per heavy atom. The number of anilines is 1. The summed E-state index contributed by atoms with van der Waals surface area (Å²) in [4.78, 5) is 23.3. The molecule has 1 aromatic rings. The first kappa shape index (κ1) is 13.2. The molecule has 92 valence electrons. The van der Waals surface area contributed by atoms with Crippen molar-refractivity contribution in [1.82, 2.24) is 0 Å². The van der Waals surface area contributed by atoms with Crippen molar-refractivity contribution in [3.05, 3.63) is 29.3 Å². The maximum Gasteiger partial charge on any atom is 0.249 e. The van der Waals surface area contributed by atoms with Gasteiger partial charge < -0.3 is 17.2 Å². The van der Waals surface area contributed by atoms with E-state index in [2.05, 4.69) is 0 Å². The number of amides is 1. The summed E-state index contributed by atoms with van der Waals surface area (Å²) in [5, 5.41) is 0. The summed E-state index contributed by atoms with van der Waals surface area (Å²) in [5.41, 5.74) is 17.3. The van der Waals surface area contributed by atoms with Crippen LogP contribution in [0.4, 0.5) is 5.69 Å². The fraction of sp³-hybridized carbons (Fsp3) is 0.333. The molecule has 5 nitrogen and oxygen atoms in total. The highest BCUT2D eigenvalue weighted by atomic mass is 16.1. The minimum atomic E-state index is -0.671. The van der Waals surface area contributed by atoms with Crippen LogP contribution in [-0.4, -0.2) is 17.7 Å². The van der Waals surface area contributed by atoms with Crippen molar-refractivity contribution in [1.29, 1.82) is 0 Å². The molecule has 5 heteroatoms. The molecule has 0 aliphatic carbocycles. The fourth-order valence-corrected chi connectivity index (χ4v) is 1.46. The van der Waals surface area contributed by atoms with Crippen molar-refractivity contribution >= 4 is 17.4 Å². The number of primary amides is 1. The van der Waals surface area contributed by atoms with Crippen LogP contribution < -0.4 is 17.2 Å². The normalized spacial score (nSPS) is 12.5. The average Bonchev–Trinajstić information content (AvgIpc) is 2.26. The number of carbonyl (C=O) groups is 2. The van der Waals surface area contributed by atoms with Gasteiger partial charge in [-0.15, -0.1) is 0 Å². The third-order valence-electron chi connectivity index (χ3n) is 2.60. The number of benzene rings is 1. The van der Waals surface area contributed by atoms with Crippen LogP contribution in [0.15, 0.2) is 18.2 Å². The molecule has 0 aliphatic heterocycles. The number of rotatable bonds is 4. The molecule has 0 radical (unpaired) electrons. The van der Waals surface area contributed by atoms with E-state index in [1.54, 1.807) is 0 Å². The number of Topliss-reactive ketones (excluding diaryl/α,β-unsaturated/α-hetero) is 1. The molecule has 17 heavy (non-hydrogen) atoms. The predicted octanol–water partition coefficient (Wildman–Crippen LogP) is 0.534. The lowest BCUT2D eigenvalue weighted by Gasteiger charge is -2.16. The SMILES string of the molecule is CC(C)C(N)C(=O)c1cc(N)ccc1C(N)=O. The molecule has 1 unspecified atom stereocenters. The number of ketones is 1. The molecule has 1 amide bonds. The summed E-state index contributed by atoms with van der Waals surface area (Å²) in [5.74, 6) is -1.00. The van der Waals surface area contributed by atoms with Gasteiger partial charge in [0.1, 0.15) is 0 Å². The third kappa shape index (κ3) is 2.82. The average molecular weight is 235 g/mol. The number of nitrogen functional groups attached to an aromatic ring is 1. The molecule has 1 atom stereocenters. The second-order valence-corrected chi connectivity index (χ2v) is 4.30. The highest BCUT2D eigenvalue weighted by Crippen LogP contribution is 2.17. The van der Waals surface area contributed by atoms with Crippen molar-refractivity contribution in [2.45, 2.75) is 19.9 Å². The maximum atomic E-state index is 12.1. The summed E-state index contributed by atoms with van der Waals surface area (Å²) < 4.78 is 0. The lowest BCUT2D eigenvalue weighted by atomic mass is 9.92. The van der Waals surface area contributed by atoms with E-state index in [0.717, 1.165) is 0 Å². The van der Waals surface area contributed by atoms with E-state index in [9.17, 15) is 9.59 Å². The van der Waals surface area contributed by atoms with E-state index in [4.69, 9.17) is 17.2 Å². The van der Waals surface area contributed by atoms with Gasteiger partial charge >= 0.3 is 0 Å². The van der Waals surface area contributed by atoms with Crippen LogP contribution in [-0.2, 0) is 0 Å². The lowest BCUT2D eigenvalue weighted by Crippen LogP contribution is -2.36. The predicted molar refractivity (Wildman–Crippen MR) is 66.5 cm³/mol. The molecule has 1 rings (SSSR count). The Labute approximate surface area is 100.0 Å². The molecule has 0 spiro atoms. The largest absolute Gasteiger partial charge is 0.399 e. The fourth-order valence-electron chi connectivity index (χ4n) is 1.46. The monoisotopic (exact) mass is 235 g/mol. The molecular formula is C12H17N3O2. The van der Waals surface area contributed by atoms with Crippen LogP contribution in [0.5, 0.6) is 0 Å². The van der Waals surface area contributed by atoms with Gasteiger partial charge in [0, 0.05) is 11.3 Å². The second kappa shape index (κ2) is 4.97. The van der Waals surface area contributed by atoms with E-state index in [1.165, 1.54) is 18.2 Å². The Hall–Kier alpha value is -1.88. The van der Waals surface area contributed by atoms with Crippen LogP contribution in [0.1, 0.15) is 34.6 Å². The molecule has 0 aliphatic rings. The minimum absolute atomic E-state index is 0.0235. The Morgan fingerprint density at radius 1 is 1.18 bits per heavy atom. The van der Waals surface area contributed by atoms with Gasteiger partial charge in [0.05, 0.1) is 11.6 Å². The first-order chi connectivity index (χ1) is 7.84. The van der Waals surface area contributed by atoms with Crippen LogP contribution in [0.25, 0.3) is 0 Å². The van der Waals surface area contributed by atoms with E-state index in [-0.39, 0.29) is 22.8 Å². The first-order valence-electron chi connectivity index (χ1n) is 5.33. The summed E-state index contributed by atoms with van der Waals surface area (Å²) >= 11 is 0. The van der Waals surface area contributed by atoms with Gasteiger partial charge in [-0.2, -0.15) is 0 Å². The molecule has 6 N–H and O–H groups in total. The molecule has 0 bridgehead atoms. The molecule has 0 saturated heterocycles.